The van der Waals surface area contributed by atoms with Crippen LogP contribution >= 0.6 is 0 Å². The Kier molecular flexibility index (Phi) is 77.3. The van der Waals surface area contributed by atoms with E-state index in [1.54, 1.807) is 0 Å². The van der Waals surface area contributed by atoms with Crippen molar-refractivity contribution < 1.29 is 42.9 Å². The third-order valence-corrected chi connectivity index (χ3v) is 19.1. The highest BCUT2D eigenvalue weighted by Crippen LogP contribution is 2.20. The lowest BCUT2D eigenvalue weighted by atomic mass is 10.0. The second-order valence-corrected chi connectivity index (χ2v) is 30.1. The summed E-state index contributed by atoms with van der Waals surface area (Å²) in [5.41, 5.74) is 0. The van der Waals surface area contributed by atoms with Crippen LogP contribution in [0.4, 0.5) is 0 Å². The summed E-state index contributed by atoms with van der Waals surface area (Å²) in [7, 11) is 6.00. The fraction of sp³-hybridized carbons (Fsp3) is 0.811. The Morgan fingerprint density at radius 1 is 0.313 bits per heavy atom. The average molecular weight is 1390 g/mol. The molecule has 0 aromatic heterocycles. The standard InChI is InChI=1S/C90H163NO8/c1-6-8-10-12-14-16-18-20-22-24-26-28-30-32-34-36-38-40-41-42-43-44-45-46-47-49-50-52-54-56-58-60-62-64-66-68-70-72-74-76-78-80-87(92)97-84-86(85-98-90(89(94)95)96-83-82-91(3,4)5)99-88(93)81-79-77-75-73-71-69-67-65-63-61-59-57-55-53-51-48-39-37-35-33-31-29-27-25-23-21-19-17-15-13-11-9-7-2/h9,11,15,17-18,20-21,23-24,26-27,29-30,32,86,90H,6-8,10,12-14,16,19,22,25,28,31,33-85H2,1-5H3/p+1/b11-9-,17-15-,20-18-,23-21-,26-24-,29-27-,32-30-. The van der Waals surface area contributed by atoms with Gasteiger partial charge in [-0.2, -0.15) is 0 Å². The van der Waals surface area contributed by atoms with E-state index in [1.807, 2.05) is 21.1 Å². The van der Waals surface area contributed by atoms with Crippen LogP contribution in [0.3, 0.4) is 0 Å². The molecular formula is C90H164NO8+. The number of ether oxygens (including phenoxy) is 4. The zero-order chi connectivity index (χ0) is 71.8. The first-order valence-corrected chi connectivity index (χ1v) is 42.8. The van der Waals surface area contributed by atoms with E-state index in [-0.39, 0.29) is 38.2 Å². The van der Waals surface area contributed by atoms with Gasteiger partial charge in [0.1, 0.15) is 13.2 Å². The minimum atomic E-state index is -1.51. The van der Waals surface area contributed by atoms with Crippen LogP contribution in [-0.4, -0.2) is 87.4 Å². The number of allylic oxidation sites excluding steroid dienone is 14. The van der Waals surface area contributed by atoms with Gasteiger partial charge in [0.2, 0.25) is 0 Å². The summed E-state index contributed by atoms with van der Waals surface area (Å²) >= 11 is 0. The summed E-state index contributed by atoms with van der Waals surface area (Å²) in [5.74, 6) is -1.98. The van der Waals surface area contributed by atoms with Crippen LogP contribution < -0.4 is 0 Å². The number of carboxylic acids is 1. The molecule has 2 unspecified atom stereocenters. The largest absolute Gasteiger partial charge is 0.477 e. The van der Waals surface area contributed by atoms with Crippen LogP contribution in [0.25, 0.3) is 0 Å². The SMILES string of the molecule is CC/C=C\C/C=C\C/C=C\C/C=C\CCCCCCCCCCCCCCCCCCCCCCC(=O)OC(COC(=O)CCCCCCCCCCCCCCCCCCCCCCCCCCCC/C=C\C/C=C\C/C=C\CCCCCCC)COC(OCC[N+](C)(C)C)C(=O)O. The fourth-order valence-electron chi connectivity index (χ4n) is 12.7. The number of hydrogen-bond donors (Lipinski definition) is 1. The fourth-order valence-corrected chi connectivity index (χ4v) is 12.7. The van der Waals surface area contributed by atoms with Gasteiger partial charge in [-0.15, -0.1) is 0 Å². The van der Waals surface area contributed by atoms with Crippen molar-refractivity contribution in [2.75, 3.05) is 47.5 Å². The predicted octanol–water partition coefficient (Wildman–Crippen LogP) is 27.7. The Bertz CT molecular complexity index is 1910. The molecule has 9 nitrogen and oxygen atoms in total. The molecule has 0 heterocycles. The Balaban J connectivity index is 3.93. The lowest BCUT2D eigenvalue weighted by molar-refractivity contribution is -0.870. The number of esters is 2. The van der Waals surface area contributed by atoms with Crippen molar-refractivity contribution >= 4 is 17.9 Å². The molecule has 0 spiro atoms. The normalized spacial score (nSPS) is 13.0. The first-order chi connectivity index (χ1) is 48.6. The third kappa shape index (κ3) is 81.6. The lowest BCUT2D eigenvalue weighted by Gasteiger charge is -2.25. The zero-order valence-corrected chi connectivity index (χ0v) is 66.2. The van der Waals surface area contributed by atoms with E-state index in [0.29, 0.717) is 17.4 Å². The van der Waals surface area contributed by atoms with Gasteiger partial charge in [0, 0.05) is 12.8 Å². The summed E-state index contributed by atoms with van der Waals surface area (Å²) in [6.45, 7) is 4.82. The number of carbonyl (C=O) groups is 3. The monoisotopic (exact) mass is 1390 g/mol. The molecule has 0 bridgehead atoms. The number of unbranched alkanes of at least 4 members (excludes halogenated alkanes) is 51. The molecule has 0 radical (unpaired) electrons. The Labute approximate surface area is 614 Å². The number of hydrogen-bond acceptors (Lipinski definition) is 7. The Morgan fingerprint density at radius 3 is 0.859 bits per heavy atom. The quantitative estimate of drug-likeness (QED) is 0.0211. The van der Waals surface area contributed by atoms with E-state index in [4.69, 9.17) is 18.9 Å². The van der Waals surface area contributed by atoms with E-state index in [9.17, 15) is 19.5 Å². The third-order valence-electron chi connectivity index (χ3n) is 19.1. The van der Waals surface area contributed by atoms with Gasteiger partial charge in [-0.1, -0.05) is 394 Å². The molecule has 0 aliphatic rings. The number of carboxylic acid groups (broad SMARTS) is 1. The van der Waals surface area contributed by atoms with Gasteiger partial charge in [0.15, 0.2) is 6.10 Å². The number of nitrogens with zero attached hydrogens (tertiary/aromatic N) is 1. The summed E-state index contributed by atoms with van der Waals surface area (Å²) < 4.78 is 23.1. The topological polar surface area (TPSA) is 108 Å². The van der Waals surface area contributed by atoms with Crippen molar-refractivity contribution in [2.24, 2.45) is 0 Å². The van der Waals surface area contributed by atoms with Crippen molar-refractivity contribution in [3.8, 4) is 0 Å². The number of rotatable bonds is 80. The van der Waals surface area contributed by atoms with Gasteiger partial charge in [0.25, 0.3) is 6.29 Å². The van der Waals surface area contributed by atoms with E-state index < -0.39 is 18.4 Å². The van der Waals surface area contributed by atoms with E-state index >= 15 is 0 Å². The molecule has 2 atom stereocenters. The van der Waals surface area contributed by atoms with Crippen molar-refractivity contribution in [1.29, 1.82) is 0 Å². The molecule has 0 fully saturated rings. The average Bonchev–Trinajstić information content (AvgIpc) is 1.57. The Morgan fingerprint density at radius 2 is 0.576 bits per heavy atom. The molecule has 1 N–H and O–H groups in total. The molecule has 0 rings (SSSR count). The highest BCUT2D eigenvalue weighted by Gasteiger charge is 2.25. The van der Waals surface area contributed by atoms with Gasteiger partial charge >= 0.3 is 17.9 Å². The second-order valence-electron chi connectivity index (χ2n) is 30.1. The highest BCUT2D eigenvalue weighted by molar-refractivity contribution is 5.71. The number of carbonyl (C=O) groups excluding carboxylic acids is 2. The molecule has 0 amide bonds. The van der Waals surface area contributed by atoms with Crippen molar-refractivity contribution in [1.82, 2.24) is 0 Å². The van der Waals surface area contributed by atoms with Crippen LogP contribution in [0.5, 0.6) is 0 Å². The van der Waals surface area contributed by atoms with E-state index in [2.05, 4.69) is 98.9 Å². The molecule has 99 heavy (non-hydrogen) atoms. The van der Waals surface area contributed by atoms with Crippen molar-refractivity contribution in [3.63, 3.8) is 0 Å². The van der Waals surface area contributed by atoms with Crippen LogP contribution in [0.2, 0.25) is 0 Å². The maximum atomic E-state index is 13.0. The minimum absolute atomic E-state index is 0.178. The summed E-state index contributed by atoms with van der Waals surface area (Å²) in [5, 5.41) is 9.79. The van der Waals surface area contributed by atoms with E-state index in [1.165, 1.54) is 308 Å². The van der Waals surface area contributed by atoms with Gasteiger partial charge in [-0.3, -0.25) is 9.59 Å². The molecular weight excluding hydrogens is 1220 g/mol. The zero-order valence-electron chi connectivity index (χ0n) is 66.2. The smallest absolute Gasteiger partial charge is 0.361 e. The second kappa shape index (κ2) is 80.2. The summed E-state index contributed by atoms with van der Waals surface area (Å²) in [6, 6.07) is 0. The molecule has 0 aromatic rings. The van der Waals surface area contributed by atoms with E-state index in [0.717, 1.165) is 77.0 Å². The summed E-state index contributed by atoms with van der Waals surface area (Å²) in [4.78, 5) is 37.8. The molecule has 0 saturated carbocycles. The maximum Gasteiger partial charge on any atom is 0.361 e. The van der Waals surface area contributed by atoms with Gasteiger partial charge in [-0.05, 0) is 89.9 Å². The molecule has 0 aliphatic heterocycles. The predicted molar refractivity (Wildman–Crippen MR) is 429 cm³/mol. The van der Waals surface area contributed by atoms with Crippen LogP contribution in [0.1, 0.15) is 412 Å². The van der Waals surface area contributed by atoms with Gasteiger partial charge < -0.3 is 28.5 Å². The minimum Gasteiger partial charge on any atom is -0.477 e. The molecule has 0 saturated heterocycles. The maximum absolute atomic E-state index is 13.0. The van der Waals surface area contributed by atoms with Crippen LogP contribution in [0, 0.1) is 0 Å². The van der Waals surface area contributed by atoms with Crippen molar-refractivity contribution in [2.45, 2.75) is 424 Å². The molecule has 576 valence electrons. The first-order valence-electron chi connectivity index (χ1n) is 42.8. The summed E-state index contributed by atoms with van der Waals surface area (Å²) in [6.07, 6.45) is 108. The Hall–Kier alpha value is -3.53. The first kappa shape index (κ1) is 95.5. The van der Waals surface area contributed by atoms with Crippen LogP contribution in [0.15, 0.2) is 85.1 Å². The number of aliphatic carboxylic acids is 1. The van der Waals surface area contributed by atoms with Gasteiger partial charge in [-0.25, -0.2) is 4.79 Å². The number of likely N-dealkylation sites (N-methyl/N-ethyl adjacent to an activating group) is 1. The molecule has 0 aliphatic carbocycles. The molecule has 0 aromatic carbocycles. The lowest BCUT2D eigenvalue weighted by Crippen LogP contribution is -2.40. The molecule has 9 heteroatoms. The number of quaternary nitrogens is 1. The van der Waals surface area contributed by atoms with Crippen molar-refractivity contribution in [3.05, 3.63) is 85.1 Å². The van der Waals surface area contributed by atoms with Gasteiger partial charge in [0.05, 0.1) is 34.4 Å². The van der Waals surface area contributed by atoms with Crippen LogP contribution in [-0.2, 0) is 33.3 Å². The highest BCUT2D eigenvalue weighted by atomic mass is 16.7.